The lowest BCUT2D eigenvalue weighted by Crippen LogP contribution is -2.14. The molecule has 0 fully saturated rings. The van der Waals surface area contributed by atoms with E-state index < -0.39 is 0 Å². The molecule has 0 aliphatic rings. The number of aryl methyl sites for hydroxylation is 2. The molecule has 30 heavy (non-hydrogen) atoms. The van der Waals surface area contributed by atoms with Crippen LogP contribution in [0.2, 0.25) is 0 Å². The molecule has 0 bridgehead atoms. The fourth-order valence-electron chi connectivity index (χ4n) is 4.47. The average molecular weight is 395 g/mol. The largest absolute Gasteiger partial charge is 0.342 e. The minimum absolute atomic E-state index is 0.180. The van der Waals surface area contributed by atoms with E-state index in [4.69, 9.17) is 9.97 Å². The first-order chi connectivity index (χ1) is 14.6. The molecule has 0 aliphatic carbocycles. The zero-order chi connectivity index (χ0) is 20.7. The Labute approximate surface area is 176 Å². The van der Waals surface area contributed by atoms with Crippen LogP contribution in [-0.2, 0) is 6.42 Å². The Morgan fingerprint density at radius 2 is 1.37 bits per heavy atom. The van der Waals surface area contributed by atoms with Crippen LogP contribution in [0.5, 0.6) is 0 Å². The molecular formula is C26H26N4. The minimum atomic E-state index is 0.180. The lowest BCUT2D eigenvalue weighted by Gasteiger charge is -2.23. The summed E-state index contributed by atoms with van der Waals surface area (Å²) in [5.74, 6) is 2.48. The lowest BCUT2D eigenvalue weighted by molar-refractivity contribution is 0.538. The molecule has 2 unspecified atom stereocenters. The highest BCUT2D eigenvalue weighted by atomic mass is 14.9. The van der Waals surface area contributed by atoms with Gasteiger partial charge in [0.15, 0.2) is 0 Å². The summed E-state index contributed by atoms with van der Waals surface area (Å²) in [6, 6.07) is 23.3. The van der Waals surface area contributed by atoms with Crippen molar-refractivity contribution < 1.29 is 0 Å². The van der Waals surface area contributed by atoms with Crippen molar-refractivity contribution in [3.8, 4) is 0 Å². The third kappa shape index (κ3) is 3.50. The number of aromatic nitrogens is 4. The third-order valence-electron chi connectivity index (χ3n) is 5.98. The predicted molar refractivity (Wildman–Crippen MR) is 123 cm³/mol. The second-order valence-corrected chi connectivity index (χ2v) is 8.36. The van der Waals surface area contributed by atoms with E-state index in [1.54, 1.807) is 0 Å². The van der Waals surface area contributed by atoms with Gasteiger partial charge in [-0.25, -0.2) is 9.97 Å². The van der Waals surface area contributed by atoms with Gasteiger partial charge < -0.3 is 9.97 Å². The number of nitrogens with zero attached hydrogens (tertiary/aromatic N) is 2. The van der Waals surface area contributed by atoms with Crippen LogP contribution < -0.4 is 0 Å². The molecule has 0 saturated heterocycles. The van der Waals surface area contributed by atoms with Gasteiger partial charge in [0, 0.05) is 12.3 Å². The molecule has 0 aliphatic heterocycles. The van der Waals surface area contributed by atoms with Gasteiger partial charge in [-0.1, -0.05) is 60.5 Å². The number of hydrogen-bond acceptors (Lipinski definition) is 2. The van der Waals surface area contributed by atoms with Crippen LogP contribution in [0.3, 0.4) is 0 Å². The van der Waals surface area contributed by atoms with Crippen molar-refractivity contribution in [3.05, 3.63) is 95.1 Å². The number of nitrogens with one attached hydrogen (secondary N) is 2. The number of benzene rings is 3. The predicted octanol–water partition coefficient (Wildman–Crippen LogP) is 6.19. The van der Waals surface area contributed by atoms with Gasteiger partial charge in [0.25, 0.3) is 0 Å². The van der Waals surface area contributed by atoms with E-state index in [1.165, 1.54) is 16.7 Å². The van der Waals surface area contributed by atoms with Crippen LogP contribution in [0.25, 0.3) is 22.1 Å². The molecule has 0 radical (unpaired) electrons. The van der Waals surface area contributed by atoms with Gasteiger partial charge >= 0.3 is 0 Å². The van der Waals surface area contributed by atoms with Gasteiger partial charge in [-0.15, -0.1) is 0 Å². The van der Waals surface area contributed by atoms with E-state index in [1.807, 2.05) is 24.3 Å². The van der Waals surface area contributed by atoms with E-state index in [0.29, 0.717) is 0 Å². The Morgan fingerprint density at radius 1 is 0.767 bits per heavy atom. The Balaban J connectivity index is 1.58. The summed E-state index contributed by atoms with van der Waals surface area (Å²) in [6.45, 7) is 6.63. The minimum Gasteiger partial charge on any atom is -0.342 e. The van der Waals surface area contributed by atoms with Crippen molar-refractivity contribution in [2.75, 3.05) is 0 Å². The van der Waals surface area contributed by atoms with Gasteiger partial charge in [-0.2, -0.15) is 0 Å². The lowest BCUT2D eigenvalue weighted by atomic mass is 9.83. The maximum absolute atomic E-state index is 4.96. The molecule has 2 aromatic heterocycles. The SMILES string of the molecule is Cc1cc(C)cc(C(C)C(Cc2nc3ccccc3[nH]2)c2nc3ccccc3[nH]2)c1. The van der Waals surface area contributed by atoms with E-state index in [2.05, 4.69) is 73.2 Å². The highest BCUT2D eigenvalue weighted by Gasteiger charge is 2.26. The summed E-state index contributed by atoms with van der Waals surface area (Å²) in [5.41, 5.74) is 8.11. The topological polar surface area (TPSA) is 57.4 Å². The number of imidazole rings is 2. The van der Waals surface area contributed by atoms with Crippen LogP contribution in [0, 0.1) is 13.8 Å². The first-order valence-electron chi connectivity index (χ1n) is 10.5. The first-order valence-corrected chi connectivity index (χ1v) is 10.5. The molecule has 4 nitrogen and oxygen atoms in total. The number of hydrogen-bond donors (Lipinski definition) is 2. The number of H-pyrrole nitrogens is 2. The zero-order valence-corrected chi connectivity index (χ0v) is 17.6. The van der Waals surface area contributed by atoms with Crippen LogP contribution in [0.1, 0.15) is 47.1 Å². The Morgan fingerprint density at radius 3 is 2.00 bits per heavy atom. The van der Waals surface area contributed by atoms with Gasteiger partial charge in [-0.3, -0.25) is 0 Å². The number of para-hydroxylation sites is 4. The quantitative estimate of drug-likeness (QED) is 0.374. The van der Waals surface area contributed by atoms with Crippen molar-refractivity contribution in [3.63, 3.8) is 0 Å². The second kappa shape index (κ2) is 7.45. The zero-order valence-electron chi connectivity index (χ0n) is 17.6. The summed E-state index contributed by atoms with van der Waals surface area (Å²) in [5, 5.41) is 0. The molecular weight excluding hydrogens is 368 g/mol. The monoisotopic (exact) mass is 394 g/mol. The van der Waals surface area contributed by atoms with Crippen molar-refractivity contribution in [2.24, 2.45) is 0 Å². The summed E-state index contributed by atoms with van der Waals surface area (Å²) >= 11 is 0. The van der Waals surface area contributed by atoms with Crippen molar-refractivity contribution >= 4 is 22.1 Å². The molecule has 2 heterocycles. The Hall–Kier alpha value is -3.40. The first kappa shape index (κ1) is 18.6. The molecule has 5 rings (SSSR count). The molecule has 5 aromatic rings. The van der Waals surface area contributed by atoms with Crippen LogP contribution in [-0.4, -0.2) is 19.9 Å². The number of fused-ring (bicyclic) bond motifs is 2. The summed E-state index contributed by atoms with van der Waals surface area (Å²) in [7, 11) is 0. The van der Waals surface area contributed by atoms with Crippen LogP contribution in [0.15, 0.2) is 66.7 Å². The molecule has 4 heteroatoms. The molecule has 0 saturated carbocycles. The summed E-state index contributed by atoms with van der Waals surface area (Å²) in [4.78, 5) is 16.9. The van der Waals surface area contributed by atoms with Crippen molar-refractivity contribution in [1.82, 2.24) is 19.9 Å². The molecule has 0 amide bonds. The standard InChI is InChI=1S/C26H26N4/c1-16-12-17(2)14-19(13-16)18(3)20(26-29-23-10-6-7-11-24(23)30-26)15-25-27-21-8-4-5-9-22(21)28-25/h4-14,18,20H,15H2,1-3H3,(H,27,28)(H,29,30). The van der Waals surface area contributed by atoms with E-state index in [0.717, 1.165) is 40.1 Å². The average Bonchev–Trinajstić information content (AvgIpc) is 3.34. The molecule has 2 atom stereocenters. The fraction of sp³-hybridized carbons (Fsp3) is 0.231. The van der Waals surface area contributed by atoms with Crippen molar-refractivity contribution in [2.45, 2.75) is 39.0 Å². The van der Waals surface area contributed by atoms with E-state index >= 15 is 0 Å². The molecule has 0 spiro atoms. The summed E-state index contributed by atoms with van der Waals surface area (Å²) < 4.78 is 0. The molecule has 150 valence electrons. The summed E-state index contributed by atoms with van der Waals surface area (Å²) in [6.07, 6.45) is 0.794. The maximum Gasteiger partial charge on any atom is 0.111 e. The van der Waals surface area contributed by atoms with E-state index in [9.17, 15) is 0 Å². The number of aromatic amines is 2. The van der Waals surface area contributed by atoms with Crippen molar-refractivity contribution in [1.29, 1.82) is 0 Å². The third-order valence-corrected chi connectivity index (χ3v) is 5.98. The highest BCUT2D eigenvalue weighted by molar-refractivity contribution is 5.75. The van der Waals surface area contributed by atoms with E-state index in [-0.39, 0.29) is 11.8 Å². The number of rotatable bonds is 5. The molecule has 3 aromatic carbocycles. The van der Waals surface area contributed by atoms with Gasteiger partial charge in [-0.05, 0) is 49.6 Å². The normalized spacial score (nSPS) is 13.7. The Kier molecular flexibility index (Phi) is 4.62. The molecule has 2 N–H and O–H groups in total. The fourth-order valence-corrected chi connectivity index (χ4v) is 4.47. The second-order valence-electron chi connectivity index (χ2n) is 8.36. The maximum atomic E-state index is 4.96. The van der Waals surface area contributed by atoms with Crippen LogP contribution in [0.4, 0.5) is 0 Å². The van der Waals surface area contributed by atoms with Gasteiger partial charge in [0.1, 0.15) is 11.6 Å². The van der Waals surface area contributed by atoms with Gasteiger partial charge in [0.05, 0.1) is 22.1 Å². The highest BCUT2D eigenvalue weighted by Crippen LogP contribution is 2.35. The van der Waals surface area contributed by atoms with Crippen LogP contribution >= 0.6 is 0 Å². The Bertz CT molecular complexity index is 1240. The van der Waals surface area contributed by atoms with Gasteiger partial charge in [0.2, 0.25) is 0 Å². The smallest absolute Gasteiger partial charge is 0.111 e.